The molecule has 0 radical (unpaired) electrons. The number of aliphatic hydroxyl groups is 1. The fourth-order valence-electron chi connectivity index (χ4n) is 4.04. The summed E-state index contributed by atoms with van der Waals surface area (Å²) in [5.41, 5.74) is -2.07. The molecule has 0 unspecified atom stereocenters. The minimum atomic E-state index is -1.18. The monoisotopic (exact) mass is 502 g/mol. The Bertz CT molecular complexity index is 1020. The summed E-state index contributed by atoms with van der Waals surface area (Å²) in [4.78, 5) is 62.8. The van der Waals surface area contributed by atoms with Crippen LogP contribution in [0.3, 0.4) is 0 Å². The third-order valence-electron chi connectivity index (χ3n) is 5.81. The average molecular weight is 503 g/mol. The van der Waals surface area contributed by atoms with E-state index in [1.54, 1.807) is 0 Å². The summed E-state index contributed by atoms with van der Waals surface area (Å²) in [5, 5.41) is 12.8. The molecule has 3 N–H and O–H groups in total. The van der Waals surface area contributed by atoms with E-state index in [0.717, 1.165) is 4.57 Å². The van der Waals surface area contributed by atoms with Crippen molar-refractivity contribution >= 4 is 30.0 Å². The SMILES string of the molecule is CSCC[C@H](NC=O)C(=O)N1CCC[C@@H]1C(=O)OC[C@H]1O[C@@H](n2cc(F)c(=O)[nH]c2=O)C[C@@H]1O. The van der Waals surface area contributed by atoms with Crippen LogP contribution in [0.15, 0.2) is 15.8 Å². The molecular weight excluding hydrogens is 475 g/mol. The van der Waals surface area contributed by atoms with Gasteiger partial charge in [0, 0.05) is 13.0 Å². The molecule has 2 aliphatic rings. The summed E-state index contributed by atoms with van der Waals surface area (Å²) in [7, 11) is 0. The third kappa shape index (κ3) is 5.85. The molecule has 12 nitrogen and oxygen atoms in total. The maximum atomic E-state index is 13.6. The molecule has 14 heteroatoms. The minimum Gasteiger partial charge on any atom is -0.461 e. The summed E-state index contributed by atoms with van der Waals surface area (Å²) >= 11 is 1.53. The molecule has 0 aliphatic carbocycles. The number of halogens is 1. The first-order valence-corrected chi connectivity index (χ1v) is 12.2. The van der Waals surface area contributed by atoms with E-state index in [1.165, 1.54) is 16.7 Å². The number of aliphatic hydroxyl groups excluding tert-OH is 1. The lowest BCUT2D eigenvalue weighted by molar-refractivity contribution is -0.159. The fraction of sp³-hybridized carbons (Fsp3) is 0.650. The van der Waals surface area contributed by atoms with Crippen molar-refractivity contribution in [1.82, 2.24) is 19.8 Å². The lowest BCUT2D eigenvalue weighted by atomic mass is 10.1. The van der Waals surface area contributed by atoms with Crippen LogP contribution >= 0.6 is 11.8 Å². The Hall–Kier alpha value is -2.71. The minimum absolute atomic E-state index is 0.0872. The zero-order valence-corrected chi connectivity index (χ0v) is 19.3. The van der Waals surface area contributed by atoms with E-state index in [4.69, 9.17) is 9.47 Å². The first-order chi connectivity index (χ1) is 16.3. The second-order valence-corrected chi connectivity index (χ2v) is 9.00. The topological polar surface area (TPSA) is 160 Å². The summed E-state index contributed by atoms with van der Waals surface area (Å²) in [5.74, 6) is -1.57. The second-order valence-electron chi connectivity index (χ2n) is 8.01. The fourth-order valence-corrected chi connectivity index (χ4v) is 4.51. The number of aromatic nitrogens is 2. The van der Waals surface area contributed by atoms with E-state index in [-0.39, 0.29) is 18.9 Å². The van der Waals surface area contributed by atoms with E-state index >= 15 is 0 Å². The average Bonchev–Trinajstić information content (AvgIpc) is 3.44. The number of esters is 1. The van der Waals surface area contributed by atoms with Gasteiger partial charge in [-0.25, -0.2) is 9.59 Å². The van der Waals surface area contributed by atoms with E-state index in [1.807, 2.05) is 11.2 Å². The van der Waals surface area contributed by atoms with Gasteiger partial charge in [-0.1, -0.05) is 0 Å². The first-order valence-electron chi connectivity index (χ1n) is 10.8. The normalized spacial score (nSPS) is 25.2. The Morgan fingerprint density at radius 1 is 1.47 bits per heavy atom. The Morgan fingerprint density at radius 2 is 2.24 bits per heavy atom. The predicted molar refractivity (Wildman–Crippen MR) is 117 cm³/mol. The Labute approximate surface area is 197 Å². The maximum Gasteiger partial charge on any atom is 0.330 e. The molecule has 0 saturated carbocycles. The molecule has 0 bridgehead atoms. The maximum absolute atomic E-state index is 13.6. The van der Waals surface area contributed by atoms with Crippen LogP contribution in [0.4, 0.5) is 4.39 Å². The van der Waals surface area contributed by atoms with E-state index in [0.29, 0.717) is 44.2 Å². The van der Waals surface area contributed by atoms with Crippen LogP contribution in [0.1, 0.15) is 31.9 Å². The molecule has 3 heterocycles. The van der Waals surface area contributed by atoms with Crippen molar-refractivity contribution in [1.29, 1.82) is 0 Å². The molecule has 34 heavy (non-hydrogen) atoms. The number of likely N-dealkylation sites (tertiary alicyclic amines) is 1. The van der Waals surface area contributed by atoms with Crippen molar-refractivity contribution in [3.63, 3.8) is 0 Å². The number of carbonyl (C=O) groups excluding carboxylic acids is 3. The number of H-pyrrole nitrogens is 1. The molecule has 5 atom stereocenters. The van der Waals surface area contributed by atoms with Crippen LogP contribution in [0.2, 0.25) is 0 Å². The number of rotatable bonds is 10. The number of hydrogen-bond acceptors (Lipinski definition) is 9. The van der Waals surface area contributed by atoms with Gasteiger partial charge in [0.1, 0.15) is 31.0 Å². The van der Waals surface area contributed by atoms with Gasteiger partial charge in [0.2, 0.25) is 18.1 Å². The zero-order valence-electron chi connectivity index (χ0n) is 18.5. The van der Waals surface area contributed by atoms with Crippen molar-refractivity contribution in [3.8, 4) is 0 Å². The van der Waals surface area contributed by atoms with Gasteiger partial charge in [0.05, 0.1) is 12.3 Å². The zero-order chi connectivity index (χ0) is 24.8. The molecule has 1 aromatic rings. The standard InChI is InChI=1S/C20H27FN4O8S/c1-34-6-4-12(22-10-26)18(29)24-5-2-3-13(24)19(30)32-9-15-14(27)7-16(33-15)25-8-11(21)17(28)23-20(25)31/h8,10,12-16,27H,2-7,9H2,1H3,(H,22,26)(H,23,28,31)/t12-,13+,14-,15+,16+/m0/s1. The predicted octanol–water partition coefficient (Wildman–Crippen LogP) is -1.27. The molecule has 2 amide bonds. The Kier molecular flexibility index (Phi) is 8.85. The van der Waals surface area contributed by atoms with Crippen LogP contribution in [0.25, 0.3) is 0 Å². The van der Waals surface area contributed by atoms with Gasteiger partial charge < -0.3 is 24.8 Å². The molecule has 2 fully saturated rings. The summed E-state index contributed by atoms with van der Waals surface area (Å²) in [6, 6.07) is -1.57. The number of thioether (sulfide) groups is 1. The van der Waals surface area contributed by atoms with Gasteiger partial charge in [-0.3, -0.25) is 23.9 Å². The molecule has 188 valence electrons. The van der Waals surface area contributed by atoms with E-state index in [2.05, 4.69) is 5.32 Å². The van der Waals surface area contributed by atoms with Crippen molar-refractivity contribution in [2.45, 2.75) is 56.2 Å². The molecular formula is C20H27FN4O8S. The second kappa shape index (κ2) is 11.6. The number of hydrogen-bond donors (Lipinski definition) is 3. The van der Waals surface area contributed by atoms with Gasteiger partial charge in [-0.2, -0.15) is 16.2 Å². The lowest BCUT2D eigenvalue weighted by Crippen LogP contribution is -2.50. The number of ether oxygens (including phenoxy) is 2. The lowest BCUT2D eigenvalue weighted by Gasteiger charge is -2.28. The van der Waals surface area contributed by atoms with Crippen molar-refractivity contribution < 1.29 is 33.4 Å². The van der Waals surface area contributed by atoms with Gasteiger partial charge in [0.15, 0.2) is 0 Å². The summed E-state index contributed by atoms with van der Waals surface area (Å²) in [6.45, 7) is -0.00166. The van der Waals surface area contributed by atoms with Crippen molar-refractivity contribution in [2.75, 3.05) is 25.2 Å². The molecule has 0 aromatic carbocycles. The van der Waals surface area contributed by atoms with Gasteiger partial charge >= 0.3 is 11.7 Å². The first kappa shape index (κ1) is 25.9. The number of amides is 2. The van der Waals surface area contributed by atoms with Gasteiger partial charge in [-0.05, 0) is 31.3 Å². The van der Waals surface area contributed by atoms with Crippen molar-refractivity contribution in [3.05, 3.63) is 32.9 Å². The van der Waals surface area contributed by atoms with E-state index < -0.39 is 53.6 Å². The van der Waals surface area contributed by atoms with Crippen LogP contribution < -0.4 is 16.6 Å². The van der Waals surface area contributed by atoms with Crippen molar-refractivity contribution in [2.24, 2.45) is 0 Å². The van der Waals surface area contributed by atoms with Crippen LogP contribution in [-0.4, -0.2) is 87.3 Å². The largest absolute Gasteiger partial charge is 0.461 e. The molecule has 3 rings (SSSR count). The highest BCUT2D eigenvalue weighted by Crippen LogP contribution is 2.28. The quantitative estimate of drug-likeness (QED) is 0.262. The number of nitrogens with zero attached hydrogens (tertiary/aromatic N) is 2. The number of aromatic amines is 1. The molecule has 2 aliphatic heterocycles. The van der Waals surface area contributed by atoms with Gasteiger partial charge in [0.25, 0.3) is 5.56 Å². The highest BCUT2D eigenvalue weighted by molar-refractivity contribution is 7.98. The Morgan fingerprint density at radius 3 is 2.94 bits per heavy atom. The highest BCUT2D eigenvalue weighted by atomic mass is 32.2. The molecule has 1 aromatic heterocycles. The smallest absolute Gasteiger partial charge is 0.330 e. The number of carbonyl (C=O) groups is 3. The Balaban J connectivity index is 1.59. The van der Waals surface area contributed by atoms with E-state index in [9.17, 15) is 33.5 Å². The third-order valence-corrected chi connectivity index (χ3v) is 6.46. The van der Waals surface area contributed by atoms with Gasteiger partial charge in [-0.15, -0.1) is 0 Å². The molecule has 0 spiro atoms. The summed E-state index contributed by atoms with van der Waals surface area (Å²) in [6.07, 6.45) is 1.18. The van der Waals surface area contributed by atoms with Crippen LogP contribution in [-0.2, 0) is 23.9 Å². The molecule has 2 saturated heterocycles. The highest BCUT2D eigenvalue weighted by Gasteiger charge is 2.40. The van der Waals surface area contributed by atoms with Crippen LogP contribution in [0, 0.1) is 5.82 Å². The number of nitrogens with one attached hydrogen (secondary N) is 2. The summed E-state index contributed by atoms with van der Waals surface area (Å²) < 4.78 is 25.2. The van der Waals surface area contributed by atoms with Crippen LogP contribution in [0.5, 0.6) is 0 Å².